The molecule has 3 aromatic heterocycles. The number of nitrogens with zero attached hydrogens (tertiary/aromatic N) is 4. The zero-order valence-electron chi connectivity index (χ0n) is 13.6. The minimum absolute atomic E-state index is 0.363. The van der Waals surface area contributed by atoms with Gasteiger partial charge in [0, 0.05) is 41.4 Å². The summed E-state index contributed by atoms with van der Waals surface area (Å²) in [6.45, 7) is 0. The highest BCUT2D eigenvalue weighted by Crippen LogP contribution is 2.41. The van der Waals surface area contributed by atoms with E-state index in [-0.39, 0.29) is 0 Å². The van der Waals surface area contributed by atoms with Crippen LogP contribution in [0.4, 0.5) is 0 Å². The Morgan fingerprint density at radius 1 is 0.593 bits per heavy atom. The fraction of sp³-hybridized carbons (Fsp3) is 0. The molecule has 0 N–H and O–H groups in total. The van der Waals surface area contributed by atoms with Crippen LogP contribution in [0, 0.1) is 45.3 Å². The van der Waals surface area contributed by atoms with E-state index >= 15 is 0 Å². The maximum atomic E-state index is 9.14. The number of nitriles is 4. The zero-order valence-corrected chi connectivity index (χ0v) is 16.1. The van der Waals surface area contributed by atoms with Crippen molar-refractivity contribution >= 4 is 45.2 Å². The summed E-state index contributed by atoms with van der Waals surface area (Å²) in [4.78, 5) is 5.72. The van der Waals surface area contributed by atoms with Crippen LogP contribution in [0.1, 0.15) is 9.75 Å². The molecule has 3 rings (SSSR count). The van der Waals surface area contributed by atoms with Crippen molar-refractivity contribution in [2.45, 2.75) is 0 Å². The molecule has 27 heavy (non-hydrogen) atoms. The van der Waals surface area contributed by atoms with Gasteiger partial charge in [0.1, 0.15) is 12.1 Å². The van der Waals surface area contributed by atoms with Crippen LogP contribution < -0.4 is 0 Å². The highest BCUT2D eigenvalue weighted by molar-refractivity contribution is 7.26. The van der Waals surface area contributed by atoms with Gasteiger partial charge in [0.25, 0.3) is 0 Å². The van der Waals surface area contributed by atoms with E-state index in [0.29, 0.717) is 11.1 Å². The highest BCUT2D eigenvalue weighted by Gasteiger charge is 2.12. The molecule has 0 radical (unpaired) electrons. The quantitative estimate of drug-likeness (QED) is 0.497. The smallest absolute Gasteiger partial charge is 0.101 e. The molecule has 0 saturated carbocycles. The molecule has 3 heterocycles. The Hall–Kier alpha value is -3.46. The van der Waals surface area contributed by atoms with E-state index in [2.05, 4.69) is 0 Å². The average molecular weight is 401 g/mol. The molecular weight excluding hydrogens is 392 g/mol. The second kappa shape index (κ2) is 8.28. The summed E-state index contributed by atoms with van der Waals surface area (Å²) in [6.07, 6.45) is 2.51. The number of allylic oxidation sites excluding steroid dienone is 4. The Morgan fingerprint density at radius 2 is 0.963 bits per heavy atom. The fourth-order valence-electron chi connectivity index (χ4n) is 2.28. The van der Waals surface area contributed by atoms with Crippen LogP contribution >= 0.6 is 34.0 Å². The summed E-state index contributed by atoms with van der Waals surface area (Å²) in [5.74, 6) is 0. The summed E-state index contributed by atoms with van der Waals surface area (Å²) in [7, 11) is 0. The molecule has 126 valence electrons. The Bertz CT molecular complexity index is 1130. The van der Waals surface area contributed by atoms with Crippen LogP contribution in [-0.2, 0) is 0 Å². The van der Waals surface area contributed by atoms with Crippen LogP contribution in [0.2, 0.25) is 0 Å². The normalized spacial score (nSPS) is 11.3. The molecule has 0 fully saturated rings. The van der Waals surface area contributed by atoms with Gasteiger partial charge in [-0.2, -0.15) is 21.0 Å². The molecule has 0 spiro atoms. The van der Waals surface area contributed by atoms with E-state index in [9.17, 15) is 0 Å². The Balaban J connectivity index is 1.89. The summed E-state index contributed by atoms with van der Waals surface area (Å²) >= 11 is 4.56. The van der Waals surface area contributed by atoms with Gasteiger partial charge in [-0.3, -0.25) is 0 Å². The summed E-state index contributed by atoms with van der Waals surface area (Å²) in [5, 5.41) is 35.8. The molecule has 0 bridgehead atoms. The molecule has 0 aliphatic heterocycles. The average Bonchev–Trinajstić information content (AvgIpc) is 3.43. The zero-order chi connectivity index (χ0) is 19.2. The van der Waals surface area contributed by atoms with Gasteiger partial charge in [-0.05, 0) is 36.4 Å². The molecule has 3 aromatic rings. The maximum Gasteiger partial charge on any atom is 0.101 e. The lowest BCUT2D eigenvalue weighted by Crippen LogP contribution is -1.71. The van der Waals surface area contributed by atoms with Crippen molar-refractivity contribution in [2.75, 3.05) is 0 Å². The second-order valence-corrected chi connectivity index (χ2v) is 8.34. The summed E-state index contributed by atoms with van der Waals surface area (Å²) in [6, 6.07) is 19.5. The van der Waals surface area contributed by atoms with Gasteiger partial charge in [-0.25, -0.2) is 0 Å². The van der Waals surface area contributed by atoms with Gasteiger partial charge in [0.05, 0.1) is 23.3 Å². The van der Waals surface area contributed by atoms with E-state index in [4.69, 9.17) is 21.0 Å². The highest BCUT2D eigenvalue weighted by atomic mass is 32.1. The lowest BCUT2D eigenvalue weighted by Gasteiger charge is -1.92. The monoisotopic (exact) mass is 400 g/mol. The van der Waals surface area contributed by atoms with E-state index in [1.165, 1.54) is 34.8 Å². The SMILES string of the molecule is N#C/C=C(\C#N)c1ccc(-c2ccc(-c3ccc(/C(C#N)=C/C#N)s3)s2)s1. The first kappa shape index (κ1) is 18.3. The molecule has 0 atom stereocenters. The van der Waals surface area contributed by atoms with Crippen molar-refractivity contribution in [2.24, 2.45) is 0 Å². The third-order valence-corrected chi connectivity index (χ3v) is 7.21. The van der Waals surface area contributed by atoms with Crippen molar-refractivity contribution in [1.82, 2.24) is 0 Å². The molecule has 0 amide bonds. The molecule has 0 saturated heterocycles. The summed E-state index contributed by atoms with van der Waals surface area (Å²) < 4.78 is 0. The van der Waals surface area contributed by atoms with E-state index in [1.807, 2.05) is 60.7 Å². The van der Waals surface area contributed by atoms with Crippen LogP contribution in [0.25, 0.3) is 30.7 Å². The van der Waals surface area contributed by atoms with Gasteiger partial charge in [-0.15, -0.1) is 34.0 Å². The van der Waals surface area contributed by atoms with E-state index in [1.54, 1.807) is 11.3 Å². The van der Waals surface area contributed by atoms with Gasteiger partial charge in [0.2, 0.25) is 0 Å². The topological polar surface area (TPSA) is 95.2 Å². The van der Waals surface area contributed by atoms with E-state index < -0.39 is 0 Å². The standard InChI is InChI=1S/C20H8N4S3/c21-9-7-13(11-23)15-1-3-17(25-15)19-5-6-20(27-19)18-4-2-16(26-18)14(12-24)8-10-22/h1-8H/b13-7+,14-8+. The summed E-state index contributed by atoms with van der Waals surface area (Å²) in [5.41, 5.74) is 0.725. The minimum atomic E-state index is 0.363. The van der Waals surface area contributed by atoms with Crippen molar-refractivity contribution < 1.29 is 0 Å². The molecule has 4 nitrogen and oxygen atoms in total. The first-order chi connectivity index (χ1) is 13.2. The second-order valence-electron chi connectivity index (χ2n) is 5.09. The van der Waals surface area contributed by atoms with Gasteiger partial charge in [0.15, 0.2) is 0 Å². The molecule has 7 heteroatoms. The van der Waals surface area contributed by atoms with Crippen molar-refractivity contribution in [3.8, 4) is 43.8 Å². The third-order valence-electron chi connectivity index (χ3n) is 3.49. The van der Waals surface area contributed by atoms with Crippen molar-refractivity contribution in [3.05, 3.63) is 58.3 Å². The number of rotatable bonds is 4. The van der Waals surface area contributed by atoms with Crippen LogP contribution in [0.15, 0.2) is 48.6 Å². The van der Waals surface area contributed by atoms with Gasteiger partial charge in [-0.1, -0.05) is 0 Å². The van der Waals surface area contributed by atoms with Gasteiger partial charge >= 0.3 is 0 Å². The predicted octanol–water partition coefficient (Wildman–Crippen LogP) is 6.07. The molecule has 0 unspecified atom stereocenters. The number of thiophene rings is 3. The first-order valence-corrected chi connectivity index (χ1v) is 9.96. The first-order valence-electron chi connectivity index (χ1n) is 7.51. The molecular formula is C20H8N4S3. The lowest BCUT2D eigenvalue weighted by atomic mass is 10.2. The Morgan fingerprint density at radius 3 is 1.33 bits per heavy atom. The van der Waals surface area contributed by atoms with Crippen LogP contribution in [0.3, 0.4) is 0 Å². The van der Waals surface area contributed by atoms with Crippen LogP contribution in [0.5, 0.6) is 0 Å². The molecule has 0 aliphatic rings. The number of hydrogen-bond acceptors (Lipinski definition) is 7. The van der Waals surface area contributed by atoms with E-state index in [0.717, 1.165) is 29.3 Å². The Labute approximate surface area is 168 Å². The van der Waals surface area contributed by atoms with Gasteiger partial charge < -0.3 is 0 Å². The number of hydrogen-bond donors (Lipinski definition) is 0. The fourth-order valence-corrected chi connectivity index (χ4v) is 5.41. The lowest BCUT2D eigenvalue weighted by molar-refractivity contribution is 1.52. The van der Waals surface area contributed by atoms with Crippen molar-refractivity contribution in [1.29, 1.82) is 21.0 Å². The molecule has 0 aliphatic carbocycles. The Kier molecular flexibility index (Phi) is 5.62. The maximum absolute atomic E-state index is 9.14. The predicted molar refractivity (Wildman–Crippen MR) is 109 cm³/mol. The third kappa shape index (κ3) is 3.87. The van der Waals surface area contributed by atoms with Crippen molar-refractivity contribution in [3.63, 3.8) is 0 Å². The largest absolute Gasteiger partial charge is 0.193 e. The van der Waals surface area contributed by atoms with Crippen LogP contribution in [-0.4, -0.2) is 0 Å². The minimum Gasteiger partial charge on any atom is -0.193 e. The molecule has 0 aromatic carbocycles.